The topological polar surface area (TPSA) is 71.5 Å². The van der Waals surface area contributed by atoms with Crippen LogP contribution in [0.1, 0.15) is 6.42 Å². The highest BCUT2D eigenvalue weighted by molar-refractivity contribution is 6.31. The zero-order chi connectivity index (χ0) is 24.2. The summed E-state index contributed by atoms with van der Waals surface area (Å²) in [5.41, 5.74) is 3.55. The first kappa shape index (κ1) is 23.1. The standard InChI is InChI=1S/C26H25ClFN5O2/c1-34-23-12-22-19(26(31-16-30-22)32-21-7-2-6-20(27)25(21)28)11-24(23)35-10-4-9-33-14-17-5-3-8-29-13-18(17)15-33/h2-3,5-8,11-13,16,29H,4,9-10,14-15H2,1H3,(H,30,31,32). The van der Waals surface area contributed by atoms with E-state index in [-0.39, 0.29) is 10.7 Å². The van der Waals surface area contributed by atoms with Gasteiger partial charge in [0, 0.05) is 43.5 Å². The summed E-state index contributed by atoms with van der Waals surface area (Å²) < 4.78 is 26.1. The van der Waals surface area contributed by atoms with Gasteiger partial charge < -0.3 is 20.1 Å². The zero-order valence-corrected chi connectivity index (χ0v) is 20.0. The maximum atomic E-state index is 14.4. The van der Waals surface area contributed by atoms with Crippen LogP contribution in [0.25, 0.3) is 10.9 Å². The smallest absolute Gasteiger partial charge is 0.165 e. The molecule has 0 bridgehead atoms. The molecule has 2 N–H and O–H groups in total. The van der Waals surface area contributed by atoms with Gasteiger partial charge in [0.25, 0.3) is 0 Å². The fraction of sp³-hybridized carbons (Fsp3) is 0.231. The van der Waals surface area contributed by atoms with E-state index in [1.54, 1.807) is 25.3 Å². The van der Waals surface area contributed by atoms with E-state index in [9.17, 15) is 4.39 Å². The molecule has 0 unspecified atom stereocenters. The van der Waals surface area contributed by atoms with Gasteiger partial charge in [0.1, 0.15) is 12.1 Å². The van der Waals surface area contributed by atoms with Gasteiger partial charge in [0.15, 0.2) is 17.3 Å². The van der Waals surface area contributed by atoms with E-state index < -0.39 is 5.82 Å². The van der Waals surface area contributed by atoms with E-state index >= 15 is 0 Å². The molecule has 0 radical (unpaired) electrons. The highest BCUT2D eigenvalue weighted by Gasteiger charge is 2.21. The Morgan fingerprint density at radius 1 is 1.17 bits per heavy atom. The molecule has 1 aromatic heterocycles. The lowest BCUT2D eigenvalue weighted by Gasteiger charge is -2.16. The van der Waals surface area contributed by atoms with Crippen LogP contribution >= 0.6 is 11.6 Å². The zero-order valence-electron chi connectivity index (χ0n) is 19.2. The van der Waals surface area contributed by atoms with E-state index in [2.05, 4.69) is 37.8 Å². The normalized spacial score (nSPS) is 15.2. The molecule has 2 aliphatic rings. The summed E-state index contributed by atoms with van der Waals surface area (Å²) in [5, 5.41) is 6.91. The molecule has 180 valence electrons. The number of likely N-dealkylation sites (tertiary alicyclic amines) is 1. The summed E-state index contributed by atoms with van der Waals surface area (Å²) in [6.45, 7) is 3.29. The van der Waals surface area contributed by atoms with Crippen LogP contribution < -0.4 is 20.1 Å². The summed E-state index contributed by atoms with van der Waals surface area (Å²) in [6.07, 6.45) is 10.5. The third kappa shape index (κ3) is 5.08. The maximum absolute atomic E-state index is 14.4. The quantitative estimate of drug-likeness (QED) is 0.418. The lowest BCUT2D eigenvalue weighted by atomic mass is 10.1. The molecular weight excluding hydrogens is 469 g/mol. The highest BCUT2D eigenvalue weighted by atomic mass is 35.5. The number of benzene rings is 2. The molecule has 1 saturated heterocycles. The minimum atomic E-state index is -0.540. The van der Waals surface area contributed by atoms with Gasteiger partial charge in [0.05, 0.1) is 29.9 Å². The first-order valence-electron chi connectivity index (χ1n) is 11.3. The predicted molar refractivity (Wildman–Crippen MR) is 136 cm³/mol. The number of fused-ring (bicyclic) bond motifs is 2. The number of halogens is 2. The summed E-state index contributed by atoms with van der Waals surface area (Å²) >= 11 is 5.92. The number of allylic oxidation sites excluding steroid dienone is 2. The average molecular weight is 494 g/mol. The number of aromatic nitrogens is 2. The Morgan fingerprint density at radius 3 is 2.94 bits per heavy atom. The van der Waals surface area contributed by atoms with Crippen molar-refractivity contribution in [2.75, 3.05) is 38.7 Å². The molecule has 2 aromatic carbocycles. The minimum Gasteiger partial charge on any atom is -0.493 e. The van der Waals surface area contributed by atoms with E-state index in [1.165, 1.54) is 23.5 Å². The first-order valence-corrected chi connectivity index (χ1v) is 11.7. The van der Waals surface area contributed by atoms with Crippen molar-refractivity contribution in [1.29, 1.82) is 0 Å². The van der Waals surface area contributed by atoms with Crippen LogP contribution in [-0.4, -0.2) is 48.2 Å². The molecular formula is C26H25ClFN5O2. The Kier molecular flexibility index (Phi) is 6.83. The van der Waals surface area contributed by atoms with Crippen molar-refractivity contribution in [2.45, 2.75) is 6.42 Å². The number of methoxy groups -OCH3 is 1. The van der Waals surface area contributed by atoms with Crippen LogP contribution in [0.3, 0.4) is 0 Å². The van der Waals surface area contributed by atoms with Crippen LogP contribution in [0.5, 0.6) is 11.5 Å². The molecule has 9 heteroatoms. The van der Waals surface area contributed by atoms with Crippen LogP contribution in [0.4, 0.5) is 15.9 Å². The molecule has 0 amide bonds. The highest BCUT2D eigenvalue weighted by Crippen LogP contribution is 2.35. The maximum Gasteiger partial charge on any atom is 0.165 e. The van der Waals surface area contributed by atoms with Crippen molar-refractivity contribution in [1.82, 2.24) is 20.2 Å². The third-order valence-corrected chi connectivity index (χ3v) is 6.24. The Morgan fingerprint density at radius 2 is 2.06 bits per heavy atom. The molecule has 5 rings (SSSR count). The van der Waals surface area contributed by atoms with Gasteiger partial charge in [-0.25, -0.2) is 14.4 Å². The number of hydrogen-bond donors (Lipinski definition) is 2. The minimum absolute atomic E-state index is 0.0344. The van der Waals surface area contributed by atoms with E-state index in [0.717, 1.165) is 26.1 Å². The number of hydrogen-bond acceptors (Lipinski definition) is 7. The molecule has 0 aliphatic carbocycles. The van der Waals surface area contributed by atoms with Gasteiger partial charge >= 0.3 is 0 Å². The molecule has 0 saturated carbocycles. The third-order valence-electron chi connectivity index (χ3n) is 5.95. The van der Waals surface area contributed by atoms with Crippen LogP contribution in [0, 0.1) is 5.82 Å². The SMILES string of the molecule is COc1cc2ncnc(Nc3cccc(Cl)c3F)c2cc1OCCCN1CC2=CC=CNC=C2C1. The molecule has 3 aromatic rings. The van der Waals surface area contributed by atoms with Crippen molar-refractivity contribution >= 4 is 34.0 Å². The van der Waals surface area contributed by atoms with Crippen LogP contribution in [-0.2, 0) is 0 Å². The molecule has 7 nitrogen and oxygen atoms in total. The number of nitrogens with one attached hydrogen (secondary N) is 2. The summed E-state index contributed by atoms with van der Waals surface area (Å²) in [4.78, 5) is 11.0. The predicted octanol–water partition coefficient (Wildman–Crippen LogP) is 5.19. The molecule has 3 heterocycles. The molecule has 35 heavy (non-hydrogen) atoms. The Bertz CT molecular complexity index is 1340. The fourth-order valence-corrected chi connectivity index (χ4v) is 4.37. The summed E-state index contributed by atoms with van der Waals surface area (Å²) in [7, 11) is 1.59. The molecule has 2 aliphatic heterocycles. The van der Waals surface area contributed by atoms with Crippen molar-refractivity contribution in [3.05, 3.63) is 83.2 Å². The van der Waals surface area contributed by atoms with Gasteiger partial charge in [-0.05, 0) is 41.8 Å². The van der Waals surface area contributed by atoms with Gasteiger partial charge in [-0.3, -0.25) is 4.90 Å². The summed E-state index contributed by atoms with van der Waals surface area (Å²) in [5.74, 6) is 1.06. The number of nitrogens with zero attached hydrogens (tertiary/aromatic N) is 3. The van der Waals surface area contributed by atoms with Gasteiger partial charge in [-0.15, -0.1) is 0 Å². The summed E-state index contributed by atoms with van der Waals surface area (Å²) in [6, 6.07) is 8.38. The molecule has 0 atom stereocenters. The van der Waals surface area contributed by atoms with E-state index in [4.69, 9.17) is 21.1 Å². The van der Waals surface area contributed by atoms with E-state index in [1.807, 2.05) is 18.3 Å². The van der Waals surface area contributed by atoms with Crippen molar-refractivity contribution < 1.29 is 13.9 Å². The Balaban J connectivity index is 1.29. The average Bonchev–Trinajstić information content (AvgIpc) is 3.12. The lowest BCUT2D eigenvalue weighted by molar-refractivity contribution is 0.258. The largest absolute Gasteiger partial charge is 0.493 e. The second-order valence-electron chi connectivity index (χ2n) is 8.27. The fourth-order valence-electron chi connectivity index (χ4n) is 4.20. The lowest BCUT2D eigenvalue weighted by Crippen LogP contribution is -2.22. The Labute approximate surface area is 207 Å². The molecule has 1 fully saturated rings. The van der Waals surface area contributed by atoms with E-state index in [0.29, 0.717) is 34.8 Å². The van der Waals surface area contributed by atoms with Crippen molar-refractivity contribution in [3.8, 4) is 11.5 Å². The van der Waals surface area contributed by atoms with Gasteiger partial charge in [-0.2, -0.15) is 0 Å². The number of rotatable bonds is 8. The van der Waals surface area contributed by atoms with Crippen LogP contribution in [0.15, 0.2) is 72.4 Å². The molecule has 0 spiro atoms. The number of ether oxygens (including phenoxy) is 2. The van der Waals surface area contributed by atoms with Gasteiger partial charge in [0.2, 0.25) is 0 Å². The van der Waals surface area contributed by atoms with Crippen molar-refractivity contribution in [3.63, 3.8) is 0 Å². The Hall–Kier alpha value is -3.62. The monoisotopic (exact) mass is 493 g/mol. The van der Waals surface area contributed by atoms with Gasteiger partial charge in [-0.1, -0.05) is 23.7 Å². The number of anilines is 2. The second kappa shape index (κ2) is 10.3. The first-order chi connectivity index (χ1) is 17.1. The van der Waals surface area contributed by atoms with Crippen molar-refractivity contribution in [2.24, 2.45) is 0 Å². The van der Waals surface area contributed by atoms with Crippen LogP contribution in [0.2, 0.25) is 5.02 Å². The second-order valence-corrected chi connectivity index (χ2v) is 8.68.